The molecule has 7 heteroatoms. The first-order chi connectivity index (χ1) is 13.5. The highest BCUT2D eigenvalue weighted by Gasteiger charge is 2.43. The topological polar surface area (TPSA) is 81.1 Å². The van der Waals surface area contributed by atoms with Crippen molar-refractivity contribution >= 4 is 23.6 Å². The number of amides is 2. The summed E-state index contributed by atoms with van der Waals surface area (Å²) < 4.78 is 0. The van der Waals surface area contributed by atoms with Crippen LogP contribution in [0.15, 0.2) is 54.6 Å². The number of rotatable bonds is 6. The second-order valence-corrected chi connectivity index (χ2v) is 7.77. The van der Waals surface area contributed by atoms with Crippen LogP contribution in [-0.2, 0) is 16.1 Å². The predicted octanol–water partition coefficient (Wildman–Crippen LogP) is 2.38. The average molecular weight is 401 g/mol. The quantitative estimate of drug-likeness (QED) is 0.778. The minimum absolute atomic E-state index is 0.107. The monoisotopic (exact) mass is 400 g/mol. The van der Waals surface area contributed by atoms with Gasteiger partial charge in [0.2, 0.25) is 11.8 Å². The molecule has 0 bridgehead atoms. The van der Waals surface area contributed by atoms with Crippen LogP contribution in [0.3, 0.4) is 0 Å². The molecule has 2 N–H and O–H groups in total. The molecule has 0 saturated carbocycles. The third-order valence-corrected chi connectivity index (χ3v) is 6.05. The van der Waals surface area contributed by atoms with Crippen LogP contribution in [0.4, 0.5) is 0 Å². The molecule has 0 aliphatic carbocycles. The van der Waals surface area contributed by atoms with Gasteiger partial charge in [0.1, 0.15) is 17.2 Å². The maximum absolute atomic E-state index is 13.3. The minimum atomic E-state index is -0.637. The Kier molecular flexibility index (Phi) is 6.59. The van der Waals surface area contributed by atoms with Crippen molar-refractivity contribution < 1.29 is 19.8 Å². The summed E-state index contributed by atoms with van der Waals surface area (Å²) in [6, 6.07) is 15.8. The van der Waals surface area contributed by atoms with Crippen molar-refractivity contribution in [2.75, 3.05) is 18.9 Å². The molecule has 1 heterocycles. The van der Waals surface area contributed by atoms with Gasteiger partial charge in [0.05, 0.1) is 6.61 Å². The number of aromatic hydroxyl groups is 1. The lowest BCUT2D eigenvalue weighted by Gasteiger charge is -2.32. The number of benzene rings is 2. The molecule has 2 atom stereocenters. The summed E-state index contributed by atoms with van der Waals surface area (Å²) in [6.07, 6.45) is 0. The van der Waals surface area contributed by atoms with Crippen molar-refractivity contribution in [1.29, 1.82) is 0 Å². The number of nitrogens with zero attached hydrogens (tertiary/aromatic N) is 2. The van der Waals surface area contributed by atoms with E-state index in [1.165, 1.54) is 23.6 Å². The standard InChI is InChI=1S/C21H24N2O4S/c1-15(25)23-18(14-28-21(23)17-9-5-6-10-19(17)26)20(27)22(11-12-24)13-16-7-3-2-4-8-16/h2-10,18,21,24,26H,11-14H2,1H3/t18-,21+/m1/s1. The van der Waals surface area contributed by atoms with E-state index in [1.54, 1.807) is 29.2 Å². The number of carbonyl (C=O) groups is 2. The predicted molar refractivity (Wildman–Crippen MR) is 109 cm³/mol. The summed E-state index contributed by atoms with van der Waals surface area (Å²) >= 11 is 1.46. The van der Waals surface area contributed by atoms with Gasteiger partial charge >= 0.3 is 0 Å². The number of thioether (sulfide) groups is 1. The van der Waals surface area contributed by atoms with E-state index in [0.29, 0.717) is 17.9 Å². The largest absolute Gasteiger partial charge is 0.508 e. The number of para-hydroxylation sites is 1. The van der Waals surface area contributed by atoms with Crippen molar-refractivity contribution in [2.24, 2.45) is 0 Å². The number of hydrogen-bond acceptors (Lipinski definition) is 5. The summed E-state index contributed by atoms with van der Waals surface area (Å²) in [5, 5.41) is 19.2. The molecule has 2 aromatic rings. The number of phenols is 1. The summed E-state index contributed by atoms with van der Waals surface area (Å²) in [5.74, 6) is 0.128. The number of aliphatic hydroxyl groups is 1. The highest BCUT2D eigenvalue weighted by atomic mass is 32.2. The van der Waals surface area contributed by atoms with Gasteiger partial charge in [-0.3, -0.25) is 9.59 Å². The first-order valence-corrected chi connectivity index (χ1v) is 10.2. The van der Waals surface area contributed by atoms with Gasteiger partial charge in [-0.25, -0.2) is 0 Å². The van der Waals surface area contributed by atoms with E-state index < -0.39 is 11.4 Å². The number of carbonyl (C=O) groups excluding carboxylic acids is 2. The van der Waals surface area contributed by atoms with Gasteiger partial charge in [0, 0.05) is 31.3 Å². The first-order valence-electron chi connectivity index (χ1n) is 9.15. The highest BCUT2D eigenvalue weighted by molar-refractivity contribution is 7.99. The lowest BCUT2D eigenvalue weighted by Crippen LogP contribution is -2.49. The minimum Gasteiger partial charge on any atom is -0.508 e. The van der Waals surface area contributed by atoms with Crippen LogP contribution in [0.2, 0.25) is 0 Å². The van der Waals surface area contributed by atoms with Crippen molar-refractivity contribution in [3.05, 3.63) is 65.7 Å². The molecule has 0 aromatic heterocycles. The molecule has 0 radical (unpaired) electrons. The van der Waals surface area contributed by atoms with Crippen LogP contribution in [-0.4, -0.2) is 56.8 Å². The highest BCUT2D eigenvalue weighted by Crippen LogP contribution is 2.44. The molecule has 1 aliphatic rings. The molecule has 1 fully saturated rings. The third-order valence-electron chi connectivity index (χ3n) is 4.75. The van der Waals surface area contributed by atoms with Crippen LogP contribution >= 0.6 is 11.8 Å². The zero-order valence-corrected chi connectivity index (χ0v) is 16.5. The Labute approximate surface area is 168 Å². The van der Waals surface area contributed by atoms with E-state index in [0.717, 1.165) is 5.56 Å². The molecule has 0 spiro atoms. The van der Waals surface area contributed by atoms with Crippen LogP contribution in [0.1, 0.15) is 23.4 Å². The van der Waals surface area contributed by atoms with E-state index in [9.17, 15) is 19.8 Å². The summed E-state index contributed by atoms with van der Waals surface area (Å²) in [5.41, 5.74) is 1.58. The van der Waals surface area contributed by atoms with E-state index in [1.807, 2.05) is 30.3 Å². The molecule has 0 unspecified atom stereocenters. The van der Waals surface area contributed by atoms with Gasteiger partial charge < -0.3 is 20.0 Å². The Morgan fingerprint density at radius 1 is 1.14 bits per heavy atom. The van der Waals surface area contributed by atoms with Gasteiger partial charge in [-0.15, -0.1) is 11.8 Å². The van der Waals surface area contributed by atoms with Crippen molar-refractivity contribution in [3.63, 3.8) is 0 Å². The normalized spacial score (nSPS) is 18.9. The van der Waals surface area contributed by atoms with Gasteiger partial charge in [-0.2, -0.15) is 0 Å². The summed E-state index contributed by atoms with van der Waals surface area (Å²) in [6.45, 7) is 1.85. The molecule has 2 aromatic carbocycles. The van der Waals surface area contributed by atoms with Gasteiger partial charge in [-0.1, -0.05) is 48.5 Å². The smallest absolute Gasteiger partial charge is 0.246 e. The summed E-state index contributed by atoms with van der Waals surface area (Å²) in [4.78, 5) is 28.8. The fourth-order valence-electron chi connectivity index (χ4n) is 3.42. The summed E-state index contributed by atoms with van der Waals surface area (Å²) in [7, 11) is 0. The Morgan fingerprint density at radius 3 is 2.46 bits per heavy atom. The zero-order valence-electron chi connectivity index (χ0n) is 15.7. The number of aliphatic hydroxyl groups excluding tert-OH is 1. The van der Waals surface area contributed by atoms with Crippen LogP contribution in [0.25, 0.3) is 0 Å². The van der Waals surface area contributed by atoms with Crippen LogP contribution < -0.4 is 0 Å². The van der Waals surface area contributed by atoms with E-state index in [-0.39, 0.29) is 30.7 Å². The first kappa shape index (κ1) is 20.2. The Morgan fingerprint density at radius 2 is 1.82 bits per heavy atom. The maximum atomic E-state index is 13.3. The lowest BCUT2D eigenvalue weighted by atomic mass is 10.1. The Bertz CT molecular complexity index is 830. The second kappa shape index (κ2) is 9.12. The van der Waals surface area contributed by atoms with E-state index >= 15 is 0 Å². The van der Waals surface area contributed by atoms with Crippen molar-refractivity contribution in [2.45, 2.75) is 24.9 Å². The number of phenolic OH excluding ortho intramolecular Hbond substituents is 1. The lowest BCUT2D eigenvalue weighted by molar-refractivity contribution is -0.144. The molecule has 1 aliphatic heterocycles. The molecule has 1 saturated heterocycles. The fraction of sp³-hybridized carbons (Fsp3) is 0.333. The zero-order chi connectivity index (χ0) is 20.1. The molecule has 2 amide bonds. The molecule has 6 nitrogen and oxygen atoms in total. The maximum Gasteiger partial charge on any atom is 0.246 e. The van der Waals surface area contributed by atoms with E-state index in [2.05, 4.69) is 0 Å². The molecular formula is C21H24N2O4S. The van der Waals surface area contributed by atoms with Crippen molar-refractivity contribution in [1.82, 2.24) is 9.80 Å². The van der Waals surface area contributed by atoms with E-state index in [4.69, 9.17) is 0 Å². The molecule has 3 rings (SSSR count). The van der Waals surface area contributed by atoms with Crippen LogP contribution in [0, 0.1) is 0 Å². The third kappa shape index (κ3) is 4.31. The Balaban J connectivity index is 1.84. The van der Waals surface area contributed by atoms with Gasteiger partial charge in [-0.05, 0) is 11.6 Å². The van der Waals surface area contributed by atoms with Gasteiger partial charge in [0.15, 0.2) is 0 Å². The number of hydrogen-bond donors (Lipinski definition) is 2. The molecule has 148 valence electrons. The molecular weight excluding hydrogens is 376 g/mol. The second-order valence-electron chi connectivity index (χ2n) is 6.66. The fourth-order valence-corrected chi connectivity index (χ4v) is 4.92. The Hall–Kier alpha value is -2.51. The average Bonchev–Trinajstić information content (AvgIpc) is 3.13. The SMILES string of the molecule is CC(=O)N1[C@@H](C(=O)N(CCO)Cc2ccccc2)CS[C@H]1c1ccccc1O. The van der Waals surface area contributed by atoms with Gasteiger partial charge in [0.25, 0.3) is 0 Å². The van der Waals surface area contributed by atoms with Crippen molar-refractivity contribution in [3.8, 4) is 5.75 Å². The molecule has 28 heavy (non-hydrogen) atoms. The van der Waals surface area contributed by atoms with Crippen LogP contribution in [0.5, 0.6) is 5.75 Å².